The van der Waals surface area contributed by atoms with E-state index in [2.05, 4.69) is 17.3 Å². The number of piperidine rings is 1. The lowest BCUT2D eigenvalue weighted by Crippen LogP contribution is -2.44. The Kier molecular flexibility index (Phi) is 3.50. The van der Waals surface area contributed by atoms with Crippen LogP contribution in [0.4, 0.5) is 0 Å². The topological polar surface area (TPSA) is 64.0 Å². The molecule has 1 N–H and O–H groups in total. The quantitative estimate of drug-likeness (QED) is 0.821. The second kappa shape index (κ2) is 4.92. The zero-order valence-electron chi connectivity index (χ0n) is 11.1. The average Bonchev–Trinajstić information content (AvgIpc) is 2.63. The molecule has 1 fully saturated rings. The molecule has 2 atom stereocenters. The van der Waals surface area contributed by atoms with Crippen LogP contribution in [0.1, 0.15) is 43.4 Å². The van der Waals surface area contributed by atoms with Gasteiger partial charge in [0, 0.05) is 31.0 Å². The van der Waals surface area contributed by atoms with E-state index in [4.69, 9.17) is 0 Å². The van der Waals surface area contributed by atoms with Crippen LogP contribution < -0.4 is 5.32 Å². The van der Waals surface area contributed by atoms with E-state index < -0.39 is 0 Å². The first kappa shape index (κ1) is 12.8. The van der Waals surface area contributed by atoms with Gasteiger partial charge in [-0.25, -0.2) is 0 Å². The second-order valence-corrected chi connectivity index (χ2v) is 4.93. The van der Waals surface area contributed by atoms with Crippen molar-refractivity contribution in [3.05, 3.63) is 17.5 Å². The molecule has 0 aromatic carbocycles. The predicted molar refractivity (Wildman–Crippen MR) is 66.9 cm³/mol. The summed E-state index contributed by atoms with van der Waals surface area (Å²) < 4.78 is 1.79. The highest BCUT2D eigenvalue weighted by atomic mass is 16.2. The maximum absolute atomic E-state index is 11.9. The minimum Gasteiger partial charge on any atom is -0.296 e. The Labute approximate surface area is 107 Å². The van der Waals surface area contributed by atoms with Gasteiger partial charge in [-0.2, -0.15) is 5.10 Å². The number of nitrogens with zero attached hydrogens (tertiary/aromatic N) is 2. The van der Waals surface area contributed by atoms with Crippen molar-refractivity contribution in [3.63, 3.8) is 0 Å². The summed E-state index contributed by atoms with van der Waals surface area (Å²) in [5.41, 5.74) is 2.06. The lowest BCUT2D eigenvalue weighted by molar-refractivity contribution is -0.137. The molecule has 1 aromatic rings. The molecule has 0 bridgehead atoms. The molecule has 1 aliphatic heterocycles. The minimum atomic E-state index is -0.180. The largest absolute Gasteiger partial charge is 0.296 e. The molecule has 2 unspecified atom stereocenters. The number of aryl methyl sites for hydroxylation is 1. The first-order valence-electron chi connectivity index (χ1n) is 6.36. The highest BCUT2D eigenvalue weighted by Crippen LogP contribution is 2.35. The number of hydrogen-bond donors (Lipinski definition) is 1. The van der Waals surface area contributed by atoms with Gasteiger partial charge in [-0.3, -0.25) is 19.6 Å². The van der Waals surface area contributed by atoms with Crippen LogP contribution in [0.5, 0.6) is 0 Å². The van der Waals surface area contributed by atoms with Gasteiger partial charge < -0.3 is 0 Å². The minimum absolute atomic E-state index is 0.0279. The predicted octanol–water partition coefficient (Wildman–Crippen LogP) is 1.27. The Morgan fingerprint density at radius 2 is 2.22 bits per heavy atom. The third-order valence-corrected chi connectivity index (χ3v) is 3.76. The summed E-state index contributed by atoms with van der Waals surface area (Å²) >= 11 is 0. The SMILES string of the molecule is CCCC1C(=O)NC(=O)CC1c1cnn(C)c1C. The Hall–Kier alpha value is -1.65. The number of carbonyl (C=O) groups excluding carboxylic acids is 2. The van der Waals surface area contributed by atoms with E-state index in [-0.39, 0.29) is 23.7 Å². The molecule has 5 nitrogen and oxygen atoms in total. The van der Waals surface area contributed by atoms with Crippen LogP contribution in [0.15, 0.2) is 6.20 Å². The Balaban J connectivity index is 2.34. The molecule has 0 aliphatic carbocycles. The zero-order chi connectivity index (χ0) is 13.3. The molecular weight excluding hydrogens is 230 g/mol. The normalized spacial score (nSPS) is 24.2. The van der Waals surface area contributed by atoms with E-state index in [1.807, 2.05) is 14.0 Å². The van der Waals surface area contributed by atoms with E-state index in [9.17, 15) is 9.59 Å². The van der Waals surface area contributed by atoms with Crippen molar-refractivity contribution in [1.82, 2.24) is 15.1 Å². The van der Waals surface area contributed by atoms with Gasteiger partial charge in [0.25, 0.3) is 0 Å². The van der Waals surface area contributed by atoms with Crippen LogP contribution in [-0.2, 0) is 16.6 Å². The smallest absolute Gasteiger partial charge is 0.230 e. The van der Waals surface area contributed by atoms with Gasteiger partial charge in [-0.1, -0.05) is 13.3 Å². The first-order chi connectivity index (χ1) is 8.54. The molecule has 18 heavy (non-hydrogen) atoms. The summed E-state index contributed by atoms with van der Waals surface area (Å²) in [5, 5.41) is 6.64. The van der Waals surface area contributed by atoms with Crippen molar-refractivity contribution in [2.24, 2.45) is 13.0 Å². The summed E-state index contributed by atoms with van der Waals surface area (Å²) in [5.74, 6) is -0.461. The summed E-state index contributed by atoms with van der Waals surface area (Å²) in [4.78, 5) is 23.5. The molecule has 0 radical (unpaired) electrons. The number of carbonyl (C=O) groups is 2. The molecule has 1 aromatic heterocycles. The van der Waals surface area contributed by atoms with Crippen LogP contribution in [0, 0.1) is 12.8 Å². The molecule has 5 heteroatoms. The van der Waals surface area contributed by atoms with Crippen LogP contribution in [0.2, 0.25) is 0 Å². The van der Waals surface area contributed by atoms with Crippen LogP contribution in [0.3, 0.4) is 0 Å². The van der Waals surface area contributed by atoms with Gasteiger partial charge in [0.1, 0.15) is 0 Å². The maximum atomic E-state index is 11.9. The maximum Gasteiger partial charge on any atom is 0.230 e. The summed E-state index contributed by atoms with van der Waals surface area (Å²) in [6.45, 7) is 4.03. The summed E-state index contributed by atoms with van der Waals surface area (Å²) in [7, 11) is 1.87. The number of hydrogen-bond acceptors (Lipinski definition) is 3. The molecule has 1 aliphatic rings. The Bertz CT molecular complexity index is 479. The molecule has 2 rings (SSSR count). The van der Waals surface area contributed by atoms with E-state index in [1.54, 1.807) is 10.9 Å². The molecule has 2 amide bonds. The summed E-state index contributed by atoms with van der Waals surface area (Å²) in [6.07, 6.45) is 3.90. The third kappa shape index (κ3) is 2.17. The van der Waals surface area contributed by atoms with Crippen LogP contribution >= 0.6 is 0 Å². The molecular formula is C13H19N3O2. The lowest BCUT2D eigenvalue weighted by Gasteiger charge is -2.29. The number of amides is 2. The molecule has 1 saturated heterocycles. The number of imide groups is 1. The molecule has 0 saturated carbocycles. The van der Waals surface area contributed by atoms with Crippen molar-refractivity contribution in [2.45, 2.75) is 39.0 Å². The van der Waals surface area contributed by atoms with E-state index in [0.717, 1.165) is 24.1 Å². The summed E-state index contributed by atoms with van der Waals surface area (Å²) in [6, 6.07) is 0. The number of nitrogens with one attached hydrogen (secondary N) is 1. The van der Waals surface area contributed by atoms with Crippen LogP contribution in [-0.4, -0.2) is 21.6 Å². The fourth-order valence-corrected chi connectivity index (χ4v) is 2.66. The van der Waals surface area contributed by atoms with E-state index in [1.165, 1.54) is 0 Å². The zero-order valence-corrected chi connectivity index (χ0v) is 11.1. The van der Waals surface area contributed by atoms with Gasteiger partial charge in [0.2, 0.25) is 11.8 Å². The van der Waals surface area contributed by atoms with Crippen molar-refractivity contribution >= 4 is 11.8 Å². The van der Waals surface area contributed by atoms with Crippen molar-refractivity contribution in [1.29, 1.82) is 0 Å². The average molecular weight is 249 g/mol. The Morgan fingerprint density at radius 1 is 1.50 bits per heavy atom. The number of aromatic nitrogens is 2. The third-order valence-electron chi connectivity index (χ3n) is 3.76. The van der Waals surface area contributed by atoms with Gasteiger partial charge in [-0.15, -0.1) is 0 Å². The van der Waals surface area contributed by atoms with Gasteiger partial charge in [0.15, 0.2) is 0 Å². The highest BCUT2D eigenvalue weighted by molar-refractivity contribution is 5.99. The molecule has 0 spiro atoms. The van der Waals surface area contributed by atoms with Gasteiger partial charge >= 0.3 is 0 Å². The second-order valence-electron chi connectivity index (χ2n) is 4.93. The number of rotatable bonds is 3. The Morgan fingerprint density at radius 3 is 2.78 bits per heavy atom. The van der Waals surface area contributed by atoms with Crippen LogP contribution in [0.25, 0.3) is 0 Å². The first-order valence-corrected chi connectivity index (χ1v) is 6.36. The van der Waals surface area contributed by atoms with Crippen molar-refractivity contribution in [2.75, 3.05) is 0 Å². The van der Waals surface area contributed by atoms with Gasteiger partial charge in [0.05, 0.1) is 6.20 Å². The molecule has 2 heterocycles. The van der Waals surface area contributed by atoms with E-state index >= 15 is 0 Å². The fraction of sp³-hybridized carbons (Fsp3) is 0.615. The van der Waals surface area contributed by atoms with Crippen molar-refractivity contribution < 1.29 is 9.59 Å². The molecule has 98 valence electrons. The standard InChI is InChI=1S/C13H19N3O2/c1-4-5-9-10(6-12(17)15-13(9)18)11-7-14-16(3)8(11)2/h7,9-10H,4-6H2,1-3H3,(H,15,17,18). The van der Waals surface area contributed by atoms with Gasteiger partial charge in [-0.05, 0) is 18.9 Å². The lowest BCUT2D eigenvalue weighted by atomic mass is 9.78. The monoisotopic (exact) mass is 249 g/mol. The highest BCUT2D eigenvalue weighted by Gasteiger charge is 2.37. The van der Waals surface area contributed by atoms with Crippen molar-refractivity contribution in [3.8, 4) is 0 Å². The van der Waals surface area contributed by atoms with E-state index in [0.29, 0.717) is 6.42 Å². The fourth-order valence-electron chi connectivity index (χ4n) is 2.66.